The maximum atomic E-state index is 10.8. The lowest BCUT2D eigenvalue weighted by Crippen LogP contribution is -2.19. The van der Waals surface area contributed by atoms with Gasteiger partial charge in [-0.3, -0.25) is 4.79 Å². The van der Waals surface area contributed by atoms with Crippen molar-refractivity contribution in [3.05, 3.63) is 58.0 Å². The van der Waals surface area contributed by atoms with Crippen LogP contribution in [0.25, 0.3) is 6.08 Å². The number of nitrogens with one attached hydrogen (secondary N) is 1. The van der Waals surface area contributed by atoms with Gasteiger partial charge in [0.15, 0.2) is 0 Å². The van der Waals surface area contributed by atoms with Crippen LogP contribution in [0.2, 0.25) is 5.02 Å². The molecule has 4 nitrogen and oxygen atoms in total. The number of ether oxygens (including phenoxy) is 1. The number of halogens is 1. The molecule has 1 aliphatic heterocycles. The van der Waals surface area contributed by atoms with E-state index in [4.69, 9.17) is 21.4 Å². The number of carbonyl (C=O) groups is 1. The van der Waals surface area contributed by atoms with Gasteiger partial charge >= 0.3 is 5.97 Å². The summed E-state index contributed by atoms with van der Waals surface area (Å²) in [7, 11) is 1.34. The average Bonchev–Trinajstić information content (AvgIpc) is 3.21. The highest BCUT2D eigenvalue weighted by Gasteiger charge is 2.29. The number of fused-ring (bicyclic) bond motifs is 1. The first-order chi connectivity index (χ1) is 15.0. The van der Waals surface area contributed by atoms with E-state index in [-0.39, 0.29) is 10.9 Å². The first-order valence-corrected chi connectivity index (χ1v) is 12.8. The van der Waals surface area contributed by atoms with Crippen molar-refractivity contribution in [2.75, 3.05) is 12.4 Å². The largest absolute Gasteiger partial charge is 0.495 e. The summed E-state index contributed by atoms with van der Waals surface area (Å²) in [5, 5.41) is 16.3. The fourth-order valence-corrected chi connectivity index (χ4v) is 7.69. The second-order valence-electron chi connectivity index (χ2n) is 8.39. The number of carboxylic acids is 1. The lowest BCUT2D eigenvalue weighted by molar-refractivity contribution is -0.137. The normalized spacial score (nSPS) is 23.4. The number of hydrogen-bond acceptors (Lipinski definition) is 3. The lowest BCUT2D eigenvalue weighted by atomic mass is 9.86. The maximum Gasteiger partial charge on any atom is 0.303 e. The predicted molar refractivity (Wildman–Crippen MR) is 131 cm³/mol. The summed E-state index contributed by atoms with van der Waals surface area (Å²) in [6, 6.07) is 12.5. The summed E-state index contributed by atoms with van der Waals surface area (Å²) in [5.74, 6) is 0.603. The van der Waals surface area contributed by atoms with E-state index in [1.807, 2.05) is 18.2 Å². The second-order valence-corrected chi connectivity index (χ2v) is 11.1. The van der Waals surface area contributed by atoms with E-state index in [9.17, 15) is 4.79 Å². The van der Waals surface area contributed by atoms with Crippen molar-refractivity contribution < 1.29 is 14.6 Å². The van der Waals surface area contributed by atoms with Crippen LogP contribution in [0.1, 0.15) is 49.7 Å². The Morgan fingerprint density at radius 1 is 1.23 bits per heavy atom. The molecule has 0 radical (unpaired) electrons. The van der Waals surface area contributed by atoms with Crippen LogP contribution in [-0.4, -0.2) is 23.4 Å². The van der Waals surface area contributed by atoms with Gasteiger partial charge in [0.2, 0.25) is 0 Å². The van der Waals surface area contributed by atoms with Crippen LogP contribution in [0.4, 0.5) is 5.69 Å². The number of thiol groups is 1. The van der Waals surface area contributed by atoms with Crippen molar-refractivity contribution in [2.24, 2.45) is 5.92 Å². The Kier molecular flexibility index (Phi) is 7.13. The molecule has 31 heavy (non-hydrogen) atoms. The Morgan fingerprint density at radius 3 is 2.74 bits per heavy atom. The number of benzene rings is 2. The van der Waals surface area contributed by atoms with Crippen molar-refractivity contribution in [2.45, 2.75) is 55.2 Å². The summed E-state index contributed by atoms with van der Waals surface area (Å²) in [5.41, 5.74) is 3.61. The zero-order chi connectivity index (χ0) is 21.8. The van der Waals surface area contributed by atoms with E-state index >= 15 is 0 Å². The zero-order valence-electron chi connectivity index (χ0n) is 17.8. The van der Waals surface area contributed by atoms with E-state index in [1.165, 1.54) is 29.0 Å². The highest BCUT2D eigenvalue weighted by molar-refractivity contribution is 8.20. The molecule has 0 bridgehead atoms. The Balaban J connectivity index is 1.39. The Morgan fingerprint density at radius 2 is 2.03 bits per heavy atom. The number of hydrogen-bond donors (Lipinski definition) is 3. The van der Waals surface area contributed by atoms with Crippen LogP contribution >= 0.6 is 22.5 Å². The molecule has 166 valence electrons. The van der Waals surface area contributed by atoms with Gasteiger partial charge in [-0.25, -0.2) is 10.9 Å². The molecule has 2 aromatic carbocycles. The summed E-state index contributed by atoms with van der Waals surface area (Å²) >= 11 is 6.27. The molecule has 2 N–H and O–H groups in total. The van der Waals surface area contributed by atoms with E-state index in [0.29, 0.717) is 34.9 Å². The van der Waals surface area contributed by atoms with E-state index in [2.05, 4.69) is 35.0 Å². The minimum absolute atomic E-state index is 0.287. The summed E-state index contributed by atoms with van der Waals surface area (Å²) in [4.78, 5) is 12.3. The van der Waals surface area contributed by atoms with Crippen molar-refractivity contribution >= 4 is 40.2 Å². The molecule has 0 spiro atoms. The van der Waals surface area contributed by atoms with Gasteiger partial charge in [-0.15, -0.1) is 0 Å². The molecule has 1 heterocycles. The zero-order valence-corrected chi connectivity index (χ0v) is 19.5. The van der Waals surface area contributed by atoms with Crippen LogP contribution in [0.3, 0.4) is 0 Å². The molecule has 1 saturated carbocycles. The maximum absolute atomic E-state index is 10.8. The average molecular weight is 460 g/mol. The fourth-order valence-electron chi connectivity index (χ4n) is 4.72. The van der Waals surface area contributed by atoms with E-state index < -0.39 is 5.97 Å². The third-order valence-corrected chi connectivity index (χ3v) is 9.45. The van der Waals surface area contributed by atoms with Crippen molar-refractivity contribution in [1.82, 2.24) is 0 Å². The number of anilines is 1. The summed E-state index contributed by atoms with van der Waals surface area (Å²) < 4.78 is 5.24. The smallest absolute Gasteiger partial charge is 0.303 e. The molecule has 1 aliphatic carbocycles. The highest BCUT2D eigenvalue weighted by atomic mass is 35.5. The van der Waals surface area contributed by atoms with Crippen molar-refractivity contribution in [3.8, 4) is 5.75 Å². The van der Waals surface area contributed by atoms with Gasteiger partial charge in [-0.05, 0) is 84.6 Å². The number of methoxy groups -OCH3 is 1. The number of aliphatic carboxylic acids is 1. The monoisotopic (exact) mass is 459 g/mol. The Hall–Kier alpha value is -2.11. The molecule has 1 unspecified atom stereocenters. The van der Waals surface area contributed by atoms with Crippen molar-refractivity contribution in [3.63, 3.8) is 0 Å². The van der Waals surface area contributed by atoms with Crippen LogP contribution < -0.4 is 10.1 Å². The van der Waals surface area contributed by atoms with Crippen LogP contribution in [0, 0.1) is 5.92 Å². The van der Waals surface area contributed by atoms with Crippen molar-refractivity contribution in [1.29, 1.82) is 0 Å². The number of carboxylic acid groups (broad SMARTS) is 1. The first kappa shape index (κ1) is 22.1. The molecular formula is C25H30ClNO3S. The van der Waals surface area contributed by atoms with Gasteiger partial charge in [0, 0.05) is 29.1 Å². The van der Waals surface area contributed by atoms with Crippen LogP contribution in [0.5, 0.6) is 5.75 Å². The minimum atomic E-state index is -0.670. The Bertz CT molecular complexity index is 969. The van der Waals surface area contributed by atoms with E-state index in [0.717, 1.165) is 24.8 Å². The quantitative estimate of drug-likeness (QED) is 0.383. The molecule has 4 rings (SSSR count). The SMILES string of the molecule is COc1ccc(CNc2cccc3c2C=C[SH]3C2CCC(CCC(=O)O)CC2)cc1Cl. The minimum Gasteiger partial charge on any atom is -0.495 e. The second kappa shape index (κ2) is 10.0. The molecule has 0 amide bonds. The molecule has 1 fully saturated rings. The van der Waals surface area contributed by atoms with E-state index in [1.54, 1.807) is 7.11 Å². The predicted octanol–water partition coefficient (Wildman–Crippen LogP) is 6.73. The van der Waals surface area contributed by atoms with Crippen LogP contribution in [0.15, 0.2) is 46.7 Å². The molecule has 1 atom stereocenters. The molecule has 0 saturated heterocycles. The molecular weight excluding hydrogens is 430 g/mol. The highest BCUT2D eigenvalue weighted by Crippen LogP contribution is 2.55. The summed E-state index contributed by atoms with van der Waals surface area (Å²) in [6.45, 7) is 0.709. The van der Waals surface area contributed by atoms with Gasteiger partial charge < -0.3 is 15.2 Å². The number of rotatable bonds is 8. The van der Waals surface area contributed by atoms with Gasteiger partial charge in [0.25, 0.3) is 0 Å². The Labute approximate surface area is 192 Å². The molecule has 0 aromatic heterocycles. The molecule has 2 aliphatic rings. The topological polar surface area (TPSA) is 58.6 Å². The fraction of sp³-hybridized carbons (Fsp3) is 0.400. The standard InChI is InChI=1S/C25H30ClNO3S/c1-30-23-11-7-18(15-21(23)26)16-27-22-3-2-4-24-20(22)13-14-31(24)19-9-5-17(6-10-19)8-12-25(28)29/h2-4,7,11,13-15,17,19,27,31H,5-6,8-10,12,16H2,1H3,(H,28,29). The summed E-state index contributed by atoms with van der Waals surface area (Å²) in [6.07, 6.45) is 8.17. The molecule has 6 heteroatoms. The van der Waals surface area contributed by atoms with Gasteiger partial charge in [0.1, 0.15) is 5.75 Å². The van der Waals surface area contributed by atoms with Gasteiger partial charge in [-0.1, -0.05) is 23.7 Å². The van der Waals surface area contributed by atoms with Crippen LogP contribution in [-0.2, 0) is 11.3 Å². The lowest BCUT2D eigenvalue weighted by Gasteiger charge is -2.34. The van der Waals surface area contributed by atoms with Gasteiger partial charge in [0.05, 0.1) is 12.1 Å². The third-order valence-electron chi connectivity index (χ3n) is 6.44. The first-order valence-electron chi connectivity index (χ1n) is 10.9. The molecule has 2 aromatic rings. The third kappa shape index (κ3) is 5.21. The van der Waals surface area contributed by atoms with Gasteiger partial charge in [-0.2, -0.15) is 0 Å².